The minimum Gasteiger partial charge on any atom is -0.376 e. The lowest BCUT2D eigenvalue weighted by molar-refractivity contribution is -0.384. The van der Waals surface area contributed by atoms with Crippen LogP contribution in [-0.4, -0.2) is 38.8 Å². The molecule has 0 spiro atoms. The smallest absolute Gasteiger partial charge is 0.269 e. The zero-order valence-corrected chi connectivity index (χ0v) is 17.6. The number of imidazole rings is 1. The molecule has 8 nitrogen and oxygen atoms in total. The van der Waals surface area contributed by atoms with Gasteiger partial charge in [-0.2, -0.15) is 0 Å². The second-order valence-electron chi connectivity index (χ2n) is 7.18. The van der Waals surface area contributed by atoms with Crippen molar-refractivity contribution < 1.29 is 14.5 Å². The van der Waals surface area contributed by atoms with Crippen LogP contribution in [0.25, 0.3) is 11.3 Å². The zero-order chi connectivity index (χ0) is 21.6. The van der Waals surface area contributed by atoms with Crippen LogP contribution in [0.3, 0.4) is 0 Å². The first-order valence-electron chi connectivity index (χ1n) is 10.00. The highest BCUT2D eigenvalue weighted by Gasteiger charge is 2.21. The minimum atomic E-state index is -0.473. The summed E-state index contributed by atoms with van der Waals surface area (Å²) in [6.07, 6.45) is 4.04. The molecule has 0 radical (unpaired) electrons. The number of thioether (sulfide) groups is 1. The van der Waals surface area contributed by atoms with E-state index < -0.39 is 4.92 Å². The number of nitro groups is 1. The number of rotatable bonds is 8. The molecule has 1 aliphatic rings. The van der Waals surface area contributed by atoms with Crippen LogP contribution in [-0.2, 0) is 16.1 Å². The molecule has 1 N–H and O–H groups in total. The quantitative estimate of drug-likeness (QED) is 0.319. The normalized spacial score (nSPS) is 15.7. The van der Waals surface area contributed by atoms with Gasteiger partial charge in [-0.25, -0.2) is 4.98 Å². The van der Waals surface area contributed by atoms with E-state index in [4.69, 9.17) is 4.74 Å². The SMILES string of the molecule is O=C(CSc1ncc(-c2ccccc2)n1CC1CCCO1)Nc1ccc([N+](=O)[O-])cc1. The molecule has 1 aliphatic heterocycles. The van der Waals surface area contributed by atoms with Crippen molar-refractivity contribution in [1.29, 1.82) is 0 Å². The van der Waals surface area contributed by atoms with Gasteiger partial charge in [0.05, 0.1) is 35.2 Å². The highest BCUT2D eigenvalue weighted by atomic mass is 32.2. The molecule has 3 aromatic rings. The average molecular weight is 439 g/mol. The number of ether oxygens (including phenoxy) is 1. The molecule has 0 saturated carbocycles. The van der Waals surface area contributed by atoms with Crippen LogP contribution in [0.2, 0.25) is 0 Å². The van der Waals surface area contributed by atoms with Crippen molar-refractivity contribution in [3.63, 3.8) is 0 Å². The summed E-state index contributed by atoms with van der Waals surface area (Å²) in [5.41, 5.74) is 2.56. The molecule has 2 heterocycles. The van der Waals surface area contributed by atoms with Gasteiger partial charge in [0.1, 0.15) is 0 Å². The fourth-order valence-electron chi connectivity index (χ4n) is 3.48. The molecule has 160 valence electrons. The summed E-state index contributed by atoms with van der Waals surface area (Å²) >= 11 is 1.36. The molecule has 4 rings (SSSR count). The molecule has 1 amide bonds. The van der Waals surface area contributed by atoms with Crippen LogP contribution in [0.5, 0.6) is 0 Å². The topological polar surface area (TPSA) is 99.3 Å². The van der Waals surface area contributed by atoms with E-state index in [2.05, 4.69) is 14.9 Å². The predicted molar refractivity (Wildman–Crippen MR) is 119 cm³/mol. The Morgan fingerprint density at radius 1 is 1.23 bits per heavy atom. The number of non-ortho nitro benzene ring substituents is 1. The molecule has 1 fully saturated rings. The standard InChI is InChI=1S/C22H22N4O4S/c27-21(24-17-8-10-18(11-9-17)26(28)29)15-31-22-23-13-20(16-5-2-1-3-6-16)25(22)14-19-7-4-12-30-19/h1-3,5-6,8-11,13,19H,4,7,12,14-15H2,(H,24,27). The summed E-state index contributed by atoms with van der Waals surface area (Å²) < 4.78 is 7.94. The number of benzene rings is 2. The number of amides is 1. The van der Waals surface area contributed by atoms with Crippen molar-refractivity contribution in [3.05, 3.63) is 70.9 Å². The minimum absolute atomic E-state index is 0.0167. The highest BCUT2D eigenvalue weighted by molar-refractivity contribution is 7.99. The Morgan fingerprint density at radius 3 is 2.68 bits per heavy atom. The Bertz CT molecular complexity index is 1050. The predicted octanol–water partition coefficient (Wildman–Crippen LogP) is 4.37. The molecule has 9 heteroatoms. The molecule has 1 unspecified atom stereocenters. The third-order valence-corrected chi connectivity index (χ3v) is 5.98. The van der Waals surface area contributed by atoms with Gasteiger partial charge in [-0.3, -0.25) is 14.9 Å². The van der Waals surface area contributed by atoms with E-state index in [1.165, 1.54) is 36.0 Å². The maximum absolute atomic E-state index is 12.4. The Labute approximate surface area is 183 Å². The summed E-state index contributed by atoms with van der Waals surface area (Å²) in [7, 11) is 0. The summed E-state index contributed by atoms with van der Waals surface area (Å²) in [5.74, 6) is -0.0277. The molecular formula is C22H22N4O4S. The Balaban J connectivity index is 1.45. The van der Waals surface area contributed by atoms with E-state index in [1.54, 1.807) is 0 Å². The molecule has 1 aromatic heterocycles. The van der Waals surface area contributed by atoms with E-state index in [-0.39, 0.29) is 23.5 Å². The maximum atomic E-state index is 12.4. The summed E-state index contributed by atoms with van der Waals surface area (Å²) in [6.45, 7) is 1.47. The van der Waals surface area contributed by atoms with Gasteiger partial charge in [0.25, 0.3) is 5.69 Å². The molecule has 0 aliphatic carbocycles. The summed E-state index contributed by atoms with van der Waals surface area (Å²) in [6, 6.07) is 15.8. The van der Waals surface area contributed by atoms with E-state index >= 15 is 0 Å². The summed E-state index contributed by atoms with van der Waals surface area (Å²) in [4.78, 5) is 27.2. The van der Waals surface area contributed by atoms with Gasteiger partial charge in [0.15, 0.2) is 5.16 Å². The first-order chi connectivity index (χ1) is 15.1. The number of hydrogen-bond donors (Lipinski definition) is 1. The van der Waals surface area contributed by atoms with Crippen LogP contribution in [0, 0.1) is 10.1 Å². The van der Waals surface area contributed by atoms with Gasteiger partial charge in [-0.1, -0.05) is 42.1 Å². The van der Waals surface area contributed by atoms with Gasteiger partial charge < -0.3 is 14.6 Å². The van der Waals surface area contributed by atoms with E-state index in [0.29, 0.717) is 12.2 Å². The maximum Gasteiger partial charge on any atom is 0.269 e. The van der Waals surface area contributed by atoms with Crippen molar-refractivity contribution in [2.75, 3.05) is 17.7 Å². The number of nitrogens with zero attached hydrogens (tertiary/aromatic N) is 3. The van der Waals surface area contributed by atoms with Gasteiger partial charge in [0, 0.05) is 24.4 Å². The Kier molecular flexibility index (Phi) is 6.63. The van der Waals surface area contributed by atoms with E-state index in [1.807, 2.05) is 36.5 Å². The van der Waals surface area contributed by atoms with Crippen LogP contribution in [0.15, 0.2) is 66.0 Å². The lowest BCUT2D eigenvalue weighted by Crippen LogP contribution is -2.18. The second-order valence-corrected chi connectivity index (χ2v) is 8.12. The number of carbonyl (C=O) groups excluding carboxylic acids is 1. The lowest BCUT2D eigenvalue weighted by Gasteiger charge is -2.16. The molecule has 0 bridgehead atoms. The van der Waals surface area contributed by atoms with Crippen molar-refractivity contribution >= 4 is 29.0 Å². The fraction of sp³-hybridized carbons (Fsp3) is 0.273. The van der Waals surface area contributed by atoms with E-state index in [0.717, 1.165) is 35.9 Å². The molecule has 2 aromatic carbocycles. The molecule has 31 heavy (non-hydrogen) atoms. The second kappa shape index (κ2) is 9.76. The fourth-order valence-corrected chi connectivity index (χ4v) is 4.26. The van der Waals surface area contributed by atoms with Crippen LogP contribution < -0.4 is 5.32 Å². The third kappa shape index (κ3) is 5.31. The van der Waals surface area contributed by atoms with Crippen molar-refractivity contribution in [1.82, 2.24) is 9.55 Å². The number of hydrogen-bond acceptors (Lipinski definition) is 6. The third-order valence-electron chi connectivity index (χ3n) is 4.99. The van der Waals surface area contributed by atoms with Crippen molar-refractivity contribution in [2.24, 2.45) is 0 Å². The lowest BCUT2D eigenvalue weighted by atomic mass is 10.1. The number of aromatic nitrogens is 2. The van der Waals surface area contributed by atoms with Crippen molar-refractivity contribution in [2.45, 2.75) is 30.6 Å². The monoisotopic (exact) mass is 438 g/mol. The highest BCUT2D eigenvalue weighted by Crippen LogP contribution is 2.28. The number of nitrogens with one attached hydrogen (secondary N) is 1. The summed E-state index contributed by atoms with van der Waals surface area (Å²) in [5, 5.41) is 14.3. The van der Waals surface area contributed by atoms with Crippen LogP contribution in [0.4, 0.5) is 11.4 Å². The van der Waals surface area contributed by atoms with Gasteiger partial charge in [0.2, 0.25) is 5.91 Å². The van der Waals surface area contributed by atoms with Gasteiger partial charge in [-0.15, -0.1) is 0 Å². The van der Waals surface area contributed by atoms with E-state index in [9.17, 15) is 14.9 Å². The first kappa shape index (κ1) is 21.1. The largest absolute Gasteiger partial charge is 0.376 e. The molecular weight excluding hydrogens is 416 g/mol. The number of nitro benzene ring substituents is 1. The first-order valence-corrected chi connectivity index (χ1v) is 11.0. The zero-order valence-electron chi connectivity index (χ0n) is 16.8. The number of anilines is 1. The Hall–Kier alpha value is -3.17. The van der Waals surface area contributed by atoms with Crippen molar-refractivity contribution in [3.8, 4) is 11.3 Å². The average Bonchev–Trinajstić information content (AvgIpc) is 3.44. The van der Waals surface area contributed by atoms with Gasteiger partial charge >= 0.3 is 0 Å². The molecule has 1 atom stereocenters. The Morgan fingerprint density at radius 2 is 2.00 bits per heavy atom. The van der Waals surface area contributed by atoms with Gasteiger partial charge in [-0.05, 0) is 30.5 Å². The van der Waals surface area contributed by atoms with Crippen LogP contribution >= 0.6 is 11.8 Å². The molecule has 1 saturated heterocycles. The van der Waals surface area contributed by atoms with Crippen LogP contribution in [0.1, 0.15) is 12.8 Å². The number of carbonyl (C=O) groups is 1.